The maximum atomic E-state index is 5.36. The molecule has 10 aromatic carbocycles. The van der Waals surface area contributed by atoms with Crippen LogP contribution in [0, 0.1) is 0 Å². The average molecular weight is 807 g/mol. The van der Waals surface area contributed by atoms with Gasteiger partial charge < -0.3 is 4.57 Å². The number of thiophene rings is 1. The molecule has 0 saturated heterocycles. The van der Waals surface area contributed by atoms with E-state index in [-0.39, 0.29) is 0 Å². The summed E-state index contributed by atoms with van der Waals surface area (Å²) in [6.07, 6.45) is 0. The number of para-hydroxylation sites is 1. The average Bonchev–Trinajstić information content (AvgIpc) is 3.90. The van der Waals surface area contributed by atoms with Crippen LogP contribution in [0.1, 0.15) is 0 Å². The molecule has 0 bridgehead atoms. The van der Waals surface area contributed by atoms with Crippen molar-refractivity contribution in [3.8, 4) is 51.0 Å². The fourth-order valence-electron chi connectivity index (χ4n) is 9.70. The van der Waals surface area contributed by atoms with Crippen molar-refractivity contribution in [3.05, 3.63) is 206 Å². The maximum Gasteiger partial charge on any atom is 0.164 e. The van der Waals surface area contributed by atoms with E-state index in [4.69, 9.17) is 15.0 Å². The largest absolute Gasteiger partial charge is 0.308 e. The van der Waals surface area contributed by atoms with Gasteiger partial charge in [0.25, 0.3) is 0 Å². The maximum absolute atomic E-state index is 5.36. The summed E-state index contributed by atoms with van der Waals surface area (Å²) in [5, 5.41) is 12.2. The SMILES string of the molecule is c1ccc(-c2nc(-c3ccccc3)nc(-c3cc4c5ccccc5c5ccccc5c4cc3-c3cccc4c3c3ccccc3n4-c3cccc4c3sc3ccccc34)n2)cc1. The Morgan fingerprint density at radius 2 is 0.806 bits per heavy atom. The van der Waals surface area contributed by atoms with Gasteiger partial charge in [-0.3, -0.25) is 0 Å². The van der Waals surface area contributed by atoms with Crippen molar-refractivity contribution in [1.82, 2.24) is 19.5 Å². The van der Waals surface area contributed by atoms with Gasteiger partial charge in [0.2, 0.25) is 0 Å². The molecule has 0 saturated carbocycles. The Hall–Kier alpha value is -7.99. The Bertz CT molecular complexity index is 3870. The molecular formula is C57H34N4S. The Morgan fingerprint density at radius 1 is 0.323 bits per heavy atom. The number of hydrogen-bond donors (Lipinski definition) is 0. The zero-order chi connectivity index (χ0) is 40.7. The van der Waals surface area contributed by atoms with Crippen LogP contribution in [0.25, 0.3) is 125 Å². The molecule has 0 N–H and O–H groups in total. The molecule has 62 heavy (non-hydrogen) atoms. The van der Waals surface area contributed by atoms with Crippen molar-refractivity contribution in [1.29, 1.82) is 0 Å². The fourth-order valence-corrected chi connectivity index (χ4v) is 10.9. The molecule has 0 fully saturated rings. The topological polar surface area (TPSA) is 43.6 Å². The van der Waals surface area contributed by atoms with Crippen molar-refractivity contribution >= 4 is 85.6 Å². The van der Waals surface area contributed by atoms with Crippen LogP contribution in [-0.2, 0) is 0 Å². The lowest BCUT2D eigenvalue weighted by Gasteiger charge is -2.17. The molecular weight excluding hydrogens is 773 g/mol. The molecule has 5 heteroatoms. The lowest BCUT2D eigenvalue weighted by Crippen LogP contribution is -2.01. The summed E-state index contributed by atoms with van der Waals surface area (Å²) in [5.74, 6) is 1.90. The summed E-state index contributed by atoms with van der Waals surface area (Å²) < 4.78 is 5.04. The Labute approximate surface area is 360 Å². The minimum absolute atomic E-state index is 0.627. The van der Waals surface area contributed by atoms with E-state index in [0.717, 1.165) is 44.2 Å². The second-order valence-electron chi connectivity index (χ2n) is 15.9. The second kappa shape index (κ2) is 13.8. The zero-order valence-electron chi connectivity index (χ0n) is 33.3. The minimum Gasteiger partial charge on any atom is -0.308 e. The second-order valence-corrected chi connectivity index (χ2v) is 16.9. The summed E-state index contributed by atoms with van der Waals surface area (Å²) in [6.45, 7) is 0. The fraction of sp³-hybridized carbons (Fsp3) is 0. The molecule has 3 heterocycles. The first-order valence-corrected chi connectivity index (χ1v) is 21.8. The first-order valence-electron chi connectivity index (χ1n) is 20.9. The van der Waals surface area contributed by atoms with Crippen LogP contribution in [0.5, 0.6) is 0 Å². The third-order valence-electron chi connectivity index (χ3n) is 12.4. The van der Waals surface area contributed by atoms with Crippen molar-refractivity contribution in [3.63, 3.8) is 0 Å². The van der Waals surface area contributed by atoms with E-state index in [1.54, 1.807) is 0 Å². The molecule has 13 rings (SSSR count). The van der Waals surface area contributed by atoms with Gasteiger partial charge in [0.15, 0.2) is 17.5 Å². The molecule has 3 aromatic heterocycles. The number of nitrogens with zero attached hydrogens (tertiary/aromatic N) is 4. The van der Waals surface area contributed by atoms with Crippen molar-refractivity contribution < 1.29 is 0 Å². The molecule has 0 aliphatic carbocycles. The molecule has 0 amide bonds. The number of rotatable bonds is 5. The van der Waals surface area contributed by atoms with E-state index >= 15 is 0 Å². The van der Waals surface area contributed by atoms with Crippen LogP contribution in [0.2, 0.25) is 0 Å². The third-order valence-corrected chi connectivity index (χ3v) is 13.6. The summed E-state index contributed by atoms with van der Waals surface area (Å²) >= 11 is 1.86. The van der Waals surface area contributed by atoms with E-state index in [0.29, 0.717) is 17.5 Å². The molecule has 0 atom stereocenters. The number of hydrogen-bond acceptors (Lipinski definition) is 4. The first-order chi connectivity index (χ1) is 30.8. The van der Waals surface area contributed by atoms with Gasteiger partial charge in [0.05, 0.1) is 21.4 Å². The predicted molar refractivity (Wildman–Crippen MR) is 261 cm³/mol. The normalized spacial score (nSPS) is 11.9. The lowest BCUT2D eigenvalue weighted by atomic mass is 9.88. The summed E-state index contributed by atoms with van der Waals surface area (Å²) in [5.41, 5.74) is 8.51. The molecule has 0 radical (unpaired) electrons. The molecule has 0 aliphatic heterocycles. The third kappa shape index (κ3) is 5.29. The molecule has 0 unspecified atom stereocenters. The van der Waals surface area contributed by atoms with Gasteiger partial charge in [-0.1, -0.05) is 170 Å². The van der Waals surface area contributed by atoms with Crippen LogP contribution in [0.3, 0.4) is 0 Å². The highest BCUT2D eigenvalue weighted by Crippen LogP contribution is 2.47. The van der Waals surface area contributed by atoms with Gasteiger partial charge in [-0.25, -0.2) is 15.0 Å². The first kappa shape index (κ1) is 34.8. The predicted octanol–water partition coefficient (Wildman–Crippen LogP) is 15.5. The zero-order valence-corrected chi connectivity index (χ0v) is 34.1. The number of benzene rings is 10. The van der Waals surface area contributed by atoms with Gasteiger partial charge in [-0.05, 0) is 79.8 Å². The van der Waals surface area contributed by atoms with Gasteiger partial charge in [-0.2, -0.15) is 0 Å². The van der Waals surface area contributed by atoms with Gasteiger partial charge in [0, 0.05) is 42.9 Å². The minimum atomic E-state index is 0.627. The van der Waals surface area contributed by atoms with Crippen LogP contribution >= 0.6 is 11.3 Å². The quantitative estimate of drug-likeness (QED) is 0.163. The van der Waals surface area contributed by atoms with Gasteiger partial charge in [0.1, 0.15) is 0 Å². The van der Waals surface area contributed by atoms with E-state index in [1.165, 1.54) is 63.6 Å². The smallest absolute Gasteiger partial charge is 0.164 e. The highest BCUT2D eigenvalue weighted by molar-refractivity contribution is 7.26. The van der Waals surface area contributed by atoms with Gasteiger partial charge >= 0.3 is 0 Å². The number of fused-ring (bicyclic) bond motifs is 12. The van der Waals surface area contributed by atoms with Crippen LogP contribution < -0.4 is 0 Å². The summed E-state index contributed by atoms with van der Waals surface area (Å²) in [6, 6.07) is 73.9. The monoisotopic (exact) mass is 806 g/mol. The van der Waals surface area contributed by atoms with Crippen LogP contribution in [0.15, 0.2) is 206 Å². The molecule has 288 valence electrons. The van der Waals surface area contributed by atoms with Crippen LogP contribution in [-0.4, -0.2) is 19.5 Å². The molecule has 4 nitrogen and oxygen atoms in total. The van der Waals surface area contributed by atoms with E-state index in [1.807, 2.05) is 47.7 Å². The number of aromatic nitrogens is 4. The standard InChI is InChI=1S/C57H34N4S/c1-3-17-35(18-4-1)55-58-56(36-19-5-2-6-20-36)60-57(59-55)48-34-46-40-24-10-8-22-38(40)37-21-7-9-23-39(37)45(46)33-47(48)42-27-15-30-50-53(42)44-26-11-13-29-49(44)61(50)51-31-16-28-43-41-25-12-14-32-52(41)62-54(43)51/h1-34H. The Kier molecular flexibility index (Phi) is 7.74. The summed E-state index contributed by atoms with van der Waals surface area (Å²) in [4.78, 5) is 15.8. The highest BCUT2D eigenvalue weighted by atomic mass is 32.1. The van der Waals surface area contributed by atoms with Crippen molar-refractivity contribution in [2.24, 2.45) is 0 Å². The van der Waals surface area contributed by atoms with E-state index in [2.05, 4.69) is 174 Å². The van der Waals surface area contributed by atoms with Crippen molar-refractivity contribution in [2.75, 3.05) is 0 Å². The van der Waals surface area contributed by atoms with E-state index in [9.17, 15) is 0 Å². The summed E-state index contributed by atoms with van der Waals surface area (Å²) in [7, 11) is 0. The Balaban J connectivity index is 1.17. The lowest BCUT2D eigenvalue weighted by molar-refractivity contribution is 1.07. The van der Waals surface area contributed by atoms with Gasteiger partial charge in [-0.15, -0.1) is 11.3 Å². The molecule has 0 aliphatic rings. The Morgan fingerprint density at radius 3 is 1.47 bits per heavy atom. The molecule has 13 aromatic rings. The van der Waals surface area contributed by atoms with Crippen molar-refractivity contribution in [2.45, 2.75) is 0 Å². The van der Waals surface area contributed by atoms with Crippen LogP contribution in [0.4, 0.5) is 0 Å². The molecule has 0 spiro atoms. The highest BCUT2D eigenvalue weighted by Gasteiger charge is 2.23. The van der Waals surface area contributed by atoms with E-state index < -0.39 is 0 Å².